The van der Waals surface area contributed by atoms with Crippen LogP contribution in [0.2, 0.25) is 0 Å². The lowest BCUT2D eigenvalue weighted by Crippen LogP contribution is -2.47. The van der Waals surface area contributed by atoms with Crippen LogP contribution in [0.15, 0.2) is 0 Å². The molecule has 0 unspecified atom stereocenters. The molecule has 0 aromatic heterocycles. The number of aliphatic carboxylic acids is 1. The van der Waals surface area contributed by atoms with Gasteiger partial charge in [-0.2, -0.15) is 4.31 Å². The number of hydrogen-bond donors (Lipinski definition) is 1. The van der Waals surface area contributed by atoms with E-state index in [1.54, 1.807) is 0 Å². The highest BCUT2D eigenvalue weighted by Crippen LogP contribution is 2.07. The quantitative estimate of drug-likeness (QED) is 0.680. The normalized spacial score (nSPS) is 20.3. The fraction of sp³-hybridized carbons (Fsp3) is 0.875. The molecule has 0 radical (unpaired) electrons. The largest absolute Gasteiger partial charge is 0.481 e. The van der Waals surface area contributed by atoms with Crippen molar-refractivity contribution in [1.82, 2.24) is 9.21 Å². The first-order valence-electron chi connectivity index (χ1n) is 4.80. The Morgan fingerprint density at radius 1 is 1.27 bits per heavy atom. The van der Waals surface area contributed by atoms with Crippen molar-refractivity contribution in [3.05, 3.63) is 0 Å². The molecular formula is C8H16N2O4S. The van der Waals surface area contributed by atoms with Crippen LogP contribution < -0.4 is 0 Å². The summed E-state index contributed by atoms with van der Waals surface area (Å²) in [5, 5.41) is 8.43. The Morgan fingerprint density at radius 3 is 2.27 bits per heavy atom. The number of rotatable bonds is 4. The Morgan fingerprint density at radius 2 is 1.80 bits per heavy atom. The third kappa shape index (κ3) is 3.77. The summed E-state index contributed by atoms with van der Waals surface area (Å²) in [6.45, 7) is 2.31. The lowest BCUT2D eigenvalue weighted by atomic mass is 10.4. The van der Waals surface area contributed by atoms with Crippen LogP contribution in [-0.2, 0) is 14.8 Å². The average molecular weight is 236 g/mol. The summed E-state index contributed by atoms with van der Waals surface area (Å²) < 4.78 is 24.7. The minimum absolute atomic E-state index is 0.300. The Balaban J connectivity index is 2.50. The van der Waals surface area contributed by atoms with E-state index in [4.69, 9.17) is 5.11 Å². The monoisotopic (exact) mass is 236 g/mol. The molecule has 0 atom stereocenters. The van der Waals surface area contributed by atoms with Crippen LogP contribution in [0.3, 0.4) is 0 Å². The molecule has 0 saturated carbocycles. The molecule has 1 saturated heterocycles. The van der Waals surface area contributed by atoms with Crippen molar-refractivity contribution in [2.45, 2.75) is 6.42 Å². The molecule has 0 aliphatic carbocycles. The lowest BCUT2D eigenvalue weighted by molar-refractivity contribution is -0.136. The van der Waals surface area contributed by atoms with Gasteiger partial charge in [0.2, 0.25) is 10.0 Å². The van der Waals surface area contributed by atoms with E-state index >= 15 is 0 Å². The van der Waals surface area contributed by atoms with E-state index in [1.807, 2.05) is 11.9 Å². The molecule has 1 aliphatic heterocycles. The molecule has 0 amide bonds. The Labute approximate surface area is 89.5 Å². The van der Waals surface area contributed by atoms with E-state index in [9.17, 15) is 13.2 Å². The van der Waals surface area contributed by atoms with Crippen LogP contribution >= 0.6 is 0 Å². The molecule has 1 aliphatic rings. The van der Waals surface area contributed by atoms with Gasteiger partial charge in [-0.05, 0) is 7.05 Å². The number of hydrogen-bond acceptors (Lipinski definition) is 4. The standard InChI is InChI=1S/C8H16N2O4S/c1-9-3-5-10(6-4-9)15(13,14)7-2-8(11)12/h2-7H2,1H3,(H,11,12). The number of sulfonamides is 1. The predicted molar refractivity (Wildman–Crippen MR) is 55.1 cm³/mol. The highest BCUT2D eigenvalue weighted by atomic mass is 32.2. The van der Waals surface area contributed by atoms with E-state index in [0.29, 0.717) is 26.2 Å². The lowest BCUT2D eigenvalue weighted by Gasteiger charge is -2.31. The maximum absolute atomic E-state index is 11.6. The molecule has 0 bridgehead atoms. The van der Waals surface area contributed by atoms with Gasteiger partial charge in [-0.1, -0.05) is 0 Å². The summed E-state index contributed by atoms with van der Waals surface area (Å²) in [4.78, 5) is 12.3. The zero-order valence-electron chi connectivity index (χ0n) is 8.72. The topological polar surface area (TPSA) is 77.9 Å². The van der Waals surface area contributed by atoms with Crippen LogP contribution in [0.5, 0.6) is 0 Å². The summed E-state index contributed by atoms with van der Waals surface area (Å²) in [6, 6.07) is 0. The molecule has 1 rings (SSSR count). The third-order valence-corrected chi connectivity index (χ3v) is 4.30. The smallest absolute Gasteiger partial charge is 0.304 e. The molecule has 15 heavy (non-hydrogen) atoms. The van der Waals surface area contributed by atoms with E-state index in [1.165, 1.54) is 4.31 Å². The summed E-state index contributed by atoms with van der Waals surface area (Å²) >= 11 is 0. The average Bonchev–Trinajstić information content (AvgIpc) is 2.16. The van der Waals surface area contributed by atoms with Gasteiger partial charge in [0.05, 0.1) is 12.2 Å². The van der Waals surface area contributed by atoms with E-state index in [0.717, 1.165) is 0 Å². The molecular weight excluding hydrogens is 220 g/mol. The highest BCUT2D eigenvalue weighted by molar-refractivity contribution is 7.89. The molecule has 0 aromatic rings. The molecule has 1 fully saturated rings. The Kier molecular flexibility index (Phi) is 4.06. The fourth-order valence-corrected chi connectivity index (χ4v) is 2.82. The number of likely N-dealkylation sites (N-methyl/N-ethyl adjacent to an activating group) is 1. The van der Waals surface area contributed by atoms with Crippen LogP contribution in [0, 0.1) is 0 Å². The zero-order valence-corrected chi connectivity index (χ0v) is 9.53. The molecule has 0 spiro atoms. The van der Waals surface area contributed by atoms with E-state index in [-0.39, 0.29) is 12.2 Å². The van der Waals surface area contributed by atoms with Gasteiger partial charge in [-0.15, -0.1) is 0 Å². The zero-order chi connectivity index (χ0) is 11.5. The van der Waals surface area contributed by atoms with Gasteiger partial charge in [-0.25, -0.2) is 8.42 Å². The first-order chi connectivity index (χ1) is 6.92. The van der Waals surface area contributed by atoms with Gasteiger partial charge in [0.15, 0.2) is 0 Å². The molecule has 7 heteroatoms. The Bertz CT molecular complexity index is 320. The maximum atomic E-state index is 11.6. The van der Waals surface area contributed by atoms with Crippen LogP contribution in [0.25, 0.3) is 0 Å². The van der Waals surface area contributed by atoms with Gasteiger partial charge in [-0.3, -0.25) is 4.79 Å². The molecule has 6 nitrogen and oxygen atoms in total. The minimum atomic E-state index is -3.38. The van der Waals surface area contributed by atoms with Crippen LogP contribution in [0.1, 0.15) is 6.42 Å². The first-order valence-corrected chi connectivity index (χ1v) is 6.41. The summed E-state index contributed by atoms with van der Waals surface area (Å²) in [6.07, 6.45) is -0.325. The molecule has 1 heterocycles. The summed E-state index contributed by atoms with van der Waals surface area (Å²) in [5.41, 5.74) is 0. The number of piperazine rings is 1. The van der Waals surface area contributed by atoms with E-state index < -0.39 is 16.0 Å². The second-order valence-corrected chi connectivity index (χ2v) is 5.75. The van der Waals surface area contributed by atoms with Gasteiger partial charge >= 0.3 is 5.97 Å². The van der Waals surface area contributed by atoms with Crippen molar-refractivity contribution in [2.24, 2.45) is 0 Å². The van der Waals surface area contributed by atoms with Crippen LogP contribution in [-0.4, -0.2) is 67.7 Å². The highest BCUT2D eigenvalue weighted by Gasteiger charge is 2.25. The SMILES string of the molecule is CN1CCN(S(=O)(=O)CCC(=O)O)CC1. The molecule has 88 valence electrons. The number of carboxylic acids is 1. The van der Waals surface area contributed by atoms with Crippen molar-refractivity contribution < 1.29 is 18.3 Å². The summed E-state index contributed by atoms with van der Waals surface area (Å²) in [7, 11) is -1.44. The van der Waals surface area contributed by atoms with Crippen molar-refractivity contribution >= 4 is 16.0 Å². The number of carbonyl (C=O) groups is 1. The molecule has 1 N–H and O–H groups in total. The first kappa shape index (κ1) is 12.4. The summed E-state index contributed by atoms with van der Waals surface area (Å²) in [5.74, 6) is -1.38. The van der Waals surface area contributed by atoms with Crippen molar-refractivity contribution in [2.75, 3.05) is 39.0 Å². The van der Waals surface area contributed by atoms with Gasteiger partial charge in [0, 0.05) is 26.2 Å². The second kappa shape index (κ2) is 4.91. The third-order valence-electron chi connectivity index (χ3n) is 2.43. The minimum Gasteiger partial charge on any atom is -0.481 e. The van der Waals surface area contributed by atoms with E-state index in [2.05, 4.69) is 0 Å². The second-order valence-electron chi connectivity index (χ2n) is 3.66. The van der Waals surface area contributed by atoms with Gasteiger partial charge < -0.3 is 10.0 Å². The van der Waals surface area contributed by atoms with Crippen molar-refractivity contribution in [3.63, 3.8) is 0 Å². The van der Waals surface area contributed by atoms with Gasteiger partial charge in [0.25, 0.3) is 0 Å². The Hall–Kier alpha value is -0.660. The maximum Gasteiger partial charge on any atom is 0.304 e. The molecule has 0 aromatic carbocycles. The van der Waals surface area contributed by atoms with Crippen molar-refractivity contribution in [1.29, 1.82) is 0 Å². The van der Waals surface area contributed by atoms with Crippen LogP contribution in [0.4, 0.5) is 0 Å². The number of carboxylic acid groups (broad SMARTS) is 1. The number of nitrogens with zero attached hydrogens (tertiary/aromatic N) is 2. The van der Waals surface area contributed by atoms with Gasteiger partial charge in [0.1, 0.15) is 0 Å². The fourth-order valence-electron chi connectivity index (χ4n) is 1.41. The van der Waals surface area contributed by atoms with Crippen molar-refractivity contribution in [3.8, 4) is 0 Å². The predicted octanol–water partition coefficient (Wildman–Crippen LogP) is -0.962.